The molecule has 1 fully saturated rings. The van der Waals surface area contributed by atoms with E-state index in [0.717, 1.165) is 12.2 Å². The molecule has 0 spiro atoms. The first-order valence-corrected chi connectivity index (χ1v) is 7.99. The molecule has 21 heavy (non-hydrogen) atoms. The molecule has 1 saturated carbocycles. The van der Waals surface area contributed by atoms with Crippen molar-refractivity contribution in [2.45, 2.75) is 45.1 Å². The van der Waals surface area contributed by atoms with Crippen LogP contribution in [0.15, 0.2) is 24.3 Å². The summed E-state index contributed by atoms with van der Waals surface area (Å²) in [5.74, 6) is 0.0536. The molecule has 0 aromatic heterocycles. The van der Waals surface area contributed by atoms with Crippen LogP contribution in [0.1, 0.15) is 37.7 Å². The van der Waals surface area contributed by atoms with Crippen LogP contribution in [-0.2, 0) is 4.79 Å². The minimum atomic E-state index is 0.0536. The first-order valence-electron chi connectivity index (χ1n) is 7.99. The fourth-order valence-corrected chi connectivity index (χ4v) is 3.02. The number of nitrogens with two attached hydrogens (primary N) is 1. The number of rotatable bonds is 6. The van der Waals surface area contributed by atoms with Crippen molar-refractivity contribution in [3.05, 3.63) is 29.8 Å². The average Bonchev–Trinajstić information content (AvgIpc) is 2.50. The van der Waals surface area contributed by atoms with E-state index in [2.05, 4.69) is 10.2 Å². The lowest BCUT2D eigenvalue weighted by molar-refractivity contribution is -0.118. The highest BCUT2D eigenvalue weighted by Gasteiger charge is 2.22. The van der Waals surface area contributed by atoms with E-state index in [1.54, 1.807) is 0 Å². The highest BCUT2D eigenvalue weighted by Crippen LogP contribution is 2.22. The van der Waals surface area contributed by atoms with Gasteiger partial charge in [0, 0.05) is 24.8 Å². The van der Waals surface area contributed by atoms with Crippen LogP contribution in [0.5, 0.6) is 0 Å². The van der Waals surface area contributed by atoms with Crippen molar-refractivity contribution in [1.82, 2.24) is 4.90 Å². The number of carbonyl (C=O) groups is 1. The first-order chi connectivity index (χ1) is 10.2. The fourth-order valence-electron chi connectivity index (χ4n) is 3.02. The Hall–Kier alpha value is -1.39. The number of anilines is 1. The molecule has 0 bridgehead atoms. The molecule has 0 saturated heterocycles. The van der Waals surface area contributed by atoms with Crippen LogP contribution in [0.25, 0.3) is 0 Å². The summed E-state index contributed by atoms with van der Waals surface area (Å²) >= 11 is 0. The van der Waals surface area contributed by atoms with E-state index in [1.807, 2.05) is 31.2 Å². The van der Waals surface area contributed by atoms with Gasteiger partial charge in [-0.3, -0.25) is 9.69 Å². The maximum atomic E-state index is 12.2. The molecule has 1 aliphatic rings. The zero-order chi connectivity index (χ0) is 15.1. The number of amides is 1. The number of hydrogen-bond donors (Lipinski definition) is 2. The lowest BCUT2D eigenvalue weighted by Crippen LogP contribution is -2.44. The number of nitrogens with zero attached hydrogens (tertiary/aromatic N) is 1. The normalized spacial score (nSPS) is 16.1. The molecule has 2 rings (SSSR count). The smallest absolute Gasteiger partial charge is 0.238 e. The first kappa shape index (κ1) is 16.0. The molecule has 4 nitrogen and oxygen atoms in total. The van der Waals surface area contributed by atoms with E-state index in [1.165, 1.54) is 37.7 Å². The van der Waals surface area contributed by atoms with Gasteiger partial charge in [-0.05, 0) is 31.9 Å². The Kier molecular flexibility index (Phi) is 6.21. The number of benzene rings is 1. The van der Waals surface area contributed by atoms with Crippen molar-refractivity contribution in [2.24, 2.45) is 5.73 Å². The van der Waals surface area contributed by atoms with Crippen LogP contribution in [0, 0.1) is 6.92 Å². The van der Waals surface area contributed by atoms with Gasteiger partial charge in [-0.2, -0.15) is 0 Å². The Labute approximate surface area is 127 Å². The van der Waals surface area contributed by atoms with Crippen LogP contribution in [0.4, 0.5) is 5.69 Å². The Bertz CT molecular complexity index is 438. The van der Waals surface area contributed by atoms with Crippen LogP contribution in [-0.4, -0.2) is 36.5 Å². The second-order valence-electron chi connectivity index (χ2n) is 5.97. The van der Waals surface area contributed by atoms with E-state index in [4.69, 9.17) is 5.73 Å². The van der Waals surface area contributed by atoms with E-state index in [-0.39, 0.29) is 5.91 Å². The Morgan fingerprint density at radius 2 is 1.90 bits per heavy atom. The molecule has 0 heterocycles. The largest absolute Gasteiger partial charge is 0.329 e. The number of aryl methyl sites for hydroxylation is 1. The van der Waals surface area contributed by atoms with E-state index < -0.39 is 0 Å². The number of nitrogens with one attached hydrogen (secondary N) is 1. The van der Waals surface area contributed by atoms with Gasteiger partial charge in [-0.1, -0.05) is 37.0 Å². The van der Waals surface area contributed by atoms with Gasteiger partial charge in [0.15, 0.2) is 0 Å². The summed E-state index contributed by atoms with van der Waals surface area (Å²) in [4.78, 5) is 14.5. The molecule has 1 aliphatic carbocycles. The highest BCUT2D eigenvalue weighted by molar-refractivity contribution is 5.92. The van der Waals surface area contributed by atoms with Crippen LogP contribution < -0.4 is 11.1 Å². The van der Waals surface area contributed by atoms with E-state index >= 15 is 0 Å². The maximum Gasteiger partial charge on any atom is 0.238 e. The Morgan fingerprint density at radius 3 is 2.52 bits per heavy atom. The topological polar surface area (TPSA) is 58.4 Å². The van der Waals surface area contributed by atoms with Gasteiger partial charge in [0.25, 0.3) is 0 Å². The maximum absolute atomic E-state index is 12.2. The third kappa shape index (κ3) is 5.14. The highest BCUT2D eigenvalue weighted by atomic mass is 16.2. The van der Waals surface area contributed by atoms with Gasteiger partial charge in [-0.15, -0.1) is 0 Å². The number of hydrogen-bond acceptors (Lipinski definition) is 3. The summed E-state index contributed by atoms with van der Waals surface area (Å²) in [6.07, 6.45) is 6.24. The van der Waals surface area contributed by atoms with Gasteiger partial charge >= 0.3 is 0 Å². The summed E-state index contributed by atoms with van der Waals surface area (Å²) in [6.45, 7) is 3.88. The van der Waals surface area contributed by atoms with Crippen molar-refractivity contribution in [1.29, 1.82) is 0 Å². The monoisotopic (exact) mass is 289 g/mol. The minimum absolute atomic E-state index is 0.0536. The zero-order valence-electron chi connectivity index (χ0n) is 13.0. The minimum Gasteiger partial charge on any atom is -0.329 e. The van der Waals surface area contributed by atoms with Gasteiger partial charge in [0.05, 0.1) is 6.54 Å². The van der Waals surface area contributed by atoms with Gasteiger partial charge in [0.1, 0.15) is 0 Å². The van der Waals surface area contributed by atoms with E-state index in [0.29, 0.717) is 19.1 Å². The molecule has 116 valence electrons. The third-order valence-corrected chi connectivity index (χ3v) is 4.19. The van der Waals surface area contributed by atoms with Crippen molar-refractivity contribution in [3.8, 4) is 0 Å². The summed E-state index contributed by atoms with van der Waals surface area (Å²) < 4.78 is 0. The van der Waals surface area contributed by atoms with Crippen molar-refractivity contribution >= 4 is 11.6 Å². The molecular weight excluding hydrogens is 262 g/mol. The molecule has 1 aromatic carbocycles. The SMILES string of the molecule is Cc1ccc(NC(=O)CN(CCN)C2CCCCC2)cc1. The Balaban J connectivity index is 1.89. The van der Waals surface area contributed by atoms with Crippen LogP contribution >= 0.6 is 0 Å². The van der Waals surface area contributed by atoms with Gasteiger partial charge < -0.3 is 11.1 Å². The standard InChI is InChI=1S/C17H27N3O/c1-14-7-9-15(10-8-14)19-17(21)13-20(12-11-18)16-5-3-2-4-6-16/h7-10,16H,2-6,11-13,18H2,1H3,(H,19,21). The third-order valence-electron chi connectivity index (χ3n) is 4.19. The lowest BCUT2D eigenvalue weighted by Gasteiger charge is -2.33. The molecule has 1 aromatic rings. The van der Waals surface area contributed by atoms with Crippen molar-refractivity contribution < 1.29 is 4.79 Å². The summed E-state index contributed by atoms with van der Waals surface area (Å²) in [5, 5.41) is 2.98. The molecular formula is C17H27N3O. The molecule has 0 atom stereocenters. The Morgan fingerprint density at radius 1 is 1.24 bits per heavy atom. The molecule has 0 radical (unpaired) electrons. The average molecular weight is 289 g/mol. The lowest BCUT2D eigenvalue weighted by atomic mass is 9.94. The van der Waals surface area contributed by atoms with E-state index in [9.17, 15) is 4.79 Å². The predicted octanol–water partition coefficient (Wildman–Crippen LogP) is 2.53. The van der Waals surface area contributed by atoms with Gasteiger partial charge in [0.2, 0.25) is 5.91 Å². The molecule has 3 N–H and O–H groups in total. The van der Waals surface area contributed by atoms with Crippen LogP contribution in [0.3, 0.4) is 0 Å². The van der Waals surface area contributed by atoms with Gasteiger partial charge in [-0.25, -0.2) is 0 Å². The molecule has 1 amide bonds. The van der Waals surface area contributed by atoms with Crippen molar-refractivity contribution in [2.75, 3.05) is 25.0 Å². The summed E-state index contributed by atoms with van der Waals surface area (Å²) in [7, 11) is 0. The second-order valence-corrected chi connectivity index (χ2v) is 5.97. The molecule has 0 unspecified atom stereocenters. The summed E-state index contributed by atoms with van der Waals surface area (Å²) in [5.41, 5.74) is 7.76. The predicted molar refractivity (Wildman–Crippen MR) is 87.3 cm³/mol. The number of carbonyl (C=O) groups excluding carboxylic acids is 1. The summed E-state index contributed by atoms with van der Waals surface area (Å²) in [6, 6.07) is 8.43. The van der Waals surface area contributed by atoms with Crippen molar-refractivity contribution in [3.63, 3.8) is 0 Å². The van der Waals surface area contributed by atoms with Crippen LogP contribution in [0.2, 0.25) is 0 Å². The quantitative estimate of drug-likeness (QED) is 0.846. The zero-order valence-corrected chi connectivity index (χ0v) is 13.0. The fraction of sp³-hybridized carbons (Fsp3) is 0.588. The second kappa shape index (κ2) is 8.15. The molecule has 0 aliphatic heterocycles. The molecule has 4 heteroatoms.